The first-order valence-electron chi connectivity index (χ1n) is 5.82. The molecule has 0 fully saturated rings. The second-order valence-corrected chi connectivity index (χ2v) is 6.88. The number of hydrogen-bond donors (Lipinski definition) is 1. The van der Waals surface area contributed by atoms with Gasteiger partial charge in [0, 0.05) is 4.47 Å². The third-order valence-corrected chi connectivity index (χ3v) is 4.79. The molecule has 0 aromatic heterocycles. The van der Waals surface area contributed by atoms with Crippen molar-refractivity contribution in [3.8, 4) is 6.07 Å². The summed E-state index contributed by atoms with van der Waals surface area (Å²) in [7, 11) is -3.89. The number of anilines is 1. The molecule has 1 N–H and O–H groups in total. The van der Waals surface area contributed by atoms with Crippen molar-refractivity contribution in [3.63, 3.8) is 0 Å². The zero-order valence-electron chi connectivity index (χ0n) is 10.9. The molecule has 4 nitrogen and oxygen atoms in total. The van der Waals surface area contributed by atoms with Crippen molar-refractivity contribution in [2.24, 2.45) is 0 Å². The van der Waals surface area contributed by atoms with E-state index in [0.29, 0.717) is 4.47 Å². The van der Waals surface area contributed by atoms with E-state index in [1.807, 2.05) is 6.07 Å². The van der Waals surface area contributed by atoms with Crippen molar-refractivity contribution in [1.29, 1.82) is 5.26 Å². The number of nitrogens with zero attached hydrogens (tertiary/aromatic N) is 1. The summed E-state index contributed by atoms with van der Waals surface area (Å²) in [5.41, 5.74) is 0.648. The topological polar surface area (TPSA) is 70.0 Å². The third-order valence-electron chi connectivity index (χ3n) is 2.77. The van der Waals surface area contributed by atoms with Gasteiger partial charge in [0.05, 0.1) is 16.1 Å². The molecule has 0 saturated carbocycles. The maximum absolute atomic E-state index is 13.1. The minimum atomic E-state index is -3.89. The smallest absolute Gasteiger partial charge is 0.262 e. The molecule has 7 heteroatoms. The first-order chi connectivity index (χ1) is 9.83. The molecule has 2 rings (SSSR count). The predicted octanol–water partition coefficient (Wildman–Crippen LogP) is 3.57. The zero-order valence-corrected chi connectivity index (χ0v) is 13.3. The Balaban J connectivity index is 2.45. The monoisotopic (exact) mass is 368 g/mol. The minimum absolute atomic E-state index is 0.0318. The van der Waals surface area contributed by atoms with Crippen LogP contribution in [-0.2, 0) is 10.0 Å². The molecule has 0 aliphatic heterocycles. The second-order valence-electron chi connectivity index (χ2n) is 4.32. The van der Waals surface area contributed by atoms with Crippen LogP contribution in [0.15, 0.2) is 45.8 Å². The molecule has 0 aliphatic rings. The van der Waals surface area contributed by atoms with Gasteiger partial charge in [0.1, 0.15) is 11.9 Å². The number of rotatable bonds is 3. The molecule has 0 bridgehead atoms. The van der Waals surface area contributed by atoms with Crippen LogP contribution in [0.2, 0.25) is 0 Å². The summed E-state index contributed by atoms with van der Waals surface area (Å²) in [4.78, 5) is -0.0318. The van der Waals surface area contributed by atoms with Crippen LogP contribution in [0, 0.1) is 24.1 Å². The molecular weight excluding hydrogens is 359 g/mol. The van der Waals surface area contributed by atoms with E-state index in [1.165, 1.54) is 25.1 Å². The normalized spacial score (nSPS) is 11.0. The second kappa shape index (κ2) is 5.84. The van der Waals surface area contributed by atoms with Gasteiger partial charge in [0.2, 0.25) is 0 Å². The van der Waals surface area contributed by atoms with Gasteiger partial charge in [-0.1, -0.05) is 15.9 Å². The molecule has 0 radical (unpaired) electrons. The molecule has 2 aromatic rings. The van der Waals surface area contributed by atoms with E-state index in [9.17, 15) is 12.8 Å². The third kappa shape index (κ3) is 3.40. The van der Waals surface area contributed by atoms with Crippen LogP contribution < -0.4 is 4.72 Å². The highest BCUT2D eigenvalue weighted by Crippen LogP contribution is 2.24. The van der Waals surface area contributed by atoms with E-state index in [4.69, 9.17) is 5.26 Å². The first kappa shape index (κ1) is 15.5. The van der Waals surface area contributed by atoms with Gasteiger partial charge in [-0.3, -0.25) is 4.72 Å². The Kier molecular flexibility index (Phi) is 4.30. The van der Waals surface area contributed by atoms with Crippen LogP contribution in [0.3, 0.4) is 0 Å². The maximum atomic E-state index is 13.1. The lowest BCUT2D eigenvalue weighted by molar-refractivity contribution is 0.598. The van der Waals surface area contributed by atoms with Crippen molar-refractivity contribution >= 4 is 31.6 Å². The number of halogens is 2. The average molecular weight is 369 g/mol. The molecule has 0 unspecified atom stereocenters. The molecular formula is C14H10BrFN2O2S. The number of aryl methyl sites for hydroxylation is 1. The van der Waals surface area contributed by atoms with Crippen molar-refractivity contribution < 1.29 is 12.8 Å². The molecule has 0 saturated heterocycles. The Morgan fingerprint density at radius 2 is 1.95 bits per heavy atom. The molecule has 0 aliphatic carbocycles. The van der Waals surface area contributed by atoms with Crippen LogP contribution in [0.5, 0.6) is 0 Å². The predicted molar refractivity (Wildman–Crippen MR) is 80.8 cm³/mol. The summed E-state index contributed by atoms with van der Waals surface area (Å²) in [6.45, 7) is 1.50. The maximum Gasteiger partial charge on any atom is 0.262 e. The van der Waals surface area contributed by atoms with E-state index in [-0.39, 0.29) is 21.7 Å². The molecule has 108 valence electrons. The molecule has 0 spiro atoms. The molecule has 0 heterocycles. The lowest BCUT2D eigenvalue weighted by atomic mass is 10.2. The van der Waals surface area contributed by atoms with Crippen LogP contribution in [-0.4, -0.2) is 8.42 Å². The highest BCUT2D eigenvalue weighted by molar-refractivity contribution is 9.10. The Labute approximate surface area is 130 Å². The van der Waals surface area contributed by atoms with Crippen molar-refractivity contribution in [2.75, 3.05) is 4.72 Å². The van der Waals surface area contributed by atoms with Crippen molar-refractivity contribution in [1.82, 2.24) is 0 Å². The van der Waals surface area contributed by atoms with E-state index in [1.54, 1.807) is 6.07 Å². The van der Waals surface area contributed by atoms with Crippen LogP contribution in [0.1, 0.15) is 11.1 Å². The SMILES string of the molecule is Cc1cc(F)ccc1S(=O)(=O)Nc1ccc(Br)cc1C#N. The summed E-state index contributed by atoms with van der Waals surface area (Å²) >= 11 is 3.21. The summed E-state index contributed by atoms with van der Waals surface area (Å²) in [6, 6.07) is 9.94. The number of nitriles is 1. The lowest BCUT2D eigenvalue weighted by Gasteiger charge is -2.11. The highest BCUT2D eigenvalue weighted by Gasteiger charge is 2.18. The standard InChI is InChI=1S/C14H10BrFN2O2S/c1-9-6-12(16)3-5-14(9)21(19,20)18-13-4-2-11(15)7-10(13)8-17/h2-7,18H,1H3. The van der Waals surface area contributed by atoms with Crippen molar-refractivity contribution in [3.05, 3.63) is 57.8 Å². The van der Waals surface area contributed by atoms with E-state index in [2.05, 4.69) is 20.7 Å². The highest BCUT2D eigenvalue weighted by atomic mass is 79.9. The van der Waals surface area contributed by atoms with Gasteiger partial charge < -0.3 is 0 Å². The summed E-state index contributed by atoms with van der Waals surface area (Å²) in [5.74, 6) is -0.507. The number of hydrogen-bond acceptors (Lipinski definition) is 3. The molecule has 21 heavy (non-hydrogen) atoms. The Bertz CT molecular complexity index is 845. The number of benzene rings is 2. The molecule has 0 amide bonds. The number of nitrogens with one attached hydrogen (secondary N) is 1. The van der Waals surface area contributed by atoms with Crippen LogP contribution in [0.25, 0.3) is 0 Å². The van der Waals surface area contributed by atoms with Gasteiger partial charge in [0.15, 0.2) is 0 Å². The van der Waals surface area contributed by atoms with Gasteiger partial charge in [-0.2, -0.15) is 5.26 Å². The molecule has 0 atom stereocenters. The van der Waals surface area contributed by atoms with Gasteiger partial charge >= 0.3 is 0 Å². The summed E-state index contributed by atoms with van der Waals surface area (Å²) in [6.07, 6.45) is 0. The van der Waals surface area contributed by atoms with Gasteiger partial charge in [-0.25, -0.2) is 12.8 Å². The summed E-state index contributed by atoms with van der Waals surface area (Å²) < 4.78 is 40.7. The average Bonchev–Trinajstić information content (AvgIpc) is 2.40. The quantitative estimate of drug-likeness (QED) is 0.899. The van der Waals surface area contributed by atoms with Gasteiger partial charge in [-0.05, 0) is 48.9 Å². The van der Waals surface area contributed by atoms with E-state index < -0.39 is 15.8 Å². The number of sulfonamides is 1. The fraction of sp³-hybridized carbons (Fsp3) is 0.0714. The van der Waals surface area contributed by atoms with Crippen LogP contribution in [0.4, 0.5) is 10.1 Å². The first-order valence-corrected chi connectivity index (χ1v) is 8.10. The Morgan fingerprint density at radius 1 is 1.24 bits per heavy atom. The Morgan fingerprint density at radius 3 is 2.57 bits per heavy atom. The zero-order chi connectivity index (χ0) is 15.6. The fourth-order valence-corrected chi connectivity index (χ4v) is 3.48. The fourth-order valence-electron chi connectivity index (χ4n) is 1.81. The van der Waals surface area contributed by atoms with E-state index >= 15 is 0 Å². The van der Waals surface area contributed by atoms with E-state index in [0.717, 1.165) is 12.1 Å². The van der Waals surface area contributed by atoms with Crippen molar-refractivity contribution in [2.45, 2.75) is 11.8 Å². The van der Waals surface area contributed by atoms with Gasteiger partial charge in [0.25, 0.3) is 10.0 Å². The lowest BCUT2D eigenvalue weighted by Crippen LogP contribution is -2.15. The Hall–Kier alpha value is -1.91. The summed E-state index contributed by atoms with van der Waals surface area (Å²) in [5, 5.41) is 9.05. The molecule has 2 aromatic carbocycles. The van der Waals surface area contributed by atoms with Crippen LogP contribution >= 0.6 is 15.9 Å². The largest absolute Gasteiger partial charge is 0.278 e. The minimum Gasteiger partial charge on any atom is -0.278 e. The van der Waals surface area contributed by atoms with Gasteiger partial charge in [-0.15, -0.1) is 0 Å².